The molecule has 2 aromatic rings. The number of hydrogen-bond acceptors (Lipinski definition) is 4. The van der Waals surface area contributed by atoms with E-state index < -0.39 is 0 Å². The Balaban J connectivity index is 1.54. The highest BCUT2D eigenvalue weighted by atomic mass is 16.5. The molecule has 1 heterocycles. The third-order valence-corrected chi connectivity index (χ3v) is 5.24. The molecule has 0 radical (unpaired) electrons. The molecular weight excluding hydrogens is 352 g/mol. The molecule has 6 heteroatoms. The molecule has 3 rings (SSSR count). The summed E-state index contributed by atoms with van der Waals surface area (Å²) in [7, 11) is 5.71. The maximum atomic E-state index is 12.7. The lowest BCUT2D eigenvalue weighted by Gasteiger charge is -2.36. The molecule has 1 fully saturated rings. The quantitative estimate of drug-likeness (QED) is 0.835. The summed E-state index contributed by atoms with van der Waals surface area (Å²) in [4.78, 5) is 19.0. The van der Waals surface area contributed by atoms with Gasteiger partial charge >= 0.3 is 6.03 Å². The number of urea groups is 1. The lowest BCUT2D eigenvalue weighted by atomic mass is 10.1. The topological polar surface area (TPSA) is 48.1 Å². The molecule has 2 aromatic carbocycles. The standard InChI is InChI=1S/C22H30N4O2/c1-24(2)21(18-8-7-11-20(16-18)28-3)17-23-22(27)26-14-12-25(13-15-26)19-9-5-4-6-10-19/h4-11,16,21H,12-15,17H2,1-3H3,(H,23,27). The molecule has 2 amide bonds. The molecule has 1 saturated heterocycles. The second kappa shape index (κ2) is 9.46. The minimum absolute atomic E-state index is 0.00228. The highest BCUT2D eigenvalue weighted by Crippen LogP contribution is 2.22. The number of hydrogen-bond donors (Lipinski definition) is 1. The predicted octanol–water partition coefficient (Wildman–Crippen LogP) is 2.83. The van der Waals surface area contributed by atoms with Crippen molar-refractivity contribution in [2.24, 2.45) is 0 Å². The summed E-state index contributed by atoms with van der Waals surface area (Å²) in [5.41, 5.74) is 2.34. The van der Waals surface area contributed by atoms with Gasteiger partial charge in [-0.05, 0) is 43.9 Å². The number of benzene rings is 2. The van der Waals surface area contributed by atoms with Crippen LogP contribution < -0.4 is 15.0 Å². The number of carbonyl (C=O) groups excluding carboxylic acids is 1. The number of para-hydroxylation sites is 1. The van der Waals surface area contributed by atoms with Gasteiger partial charge in [-0.1, -0.05) is 30.3 Å². The van der Waals surface area contributed by atoms with Gasteiger partial charge in [0, 0.05) is 38.4 Å². The lowest BCUT2D eigenvalue weighted by Crippen LogP contribution is -2.52. The second-order valence-corrected chi connectivity index (χ2v) is 7.25. The first-order valence-electron chi connectivity index (χ1n) is 9.71. The Labute approximate surface area is 167 Å². The number of nitrogens with one attached hydrogen (secondary N) is 1. The van der Waals surface area contributed by atoms with Gasteiger partial charge in [-0.3, -0.25) is 0 Å². The zero-order valence-electron chi connectivity index (χ0n) is 17.0. The van der Waals surface area contributed by atoms with Crippen LogP contribution in [-0.4, -0.2) is 69.8 Å². The Morgan fingerprint density at radius 3 is 2.43 bits per heavy atom. The van der Waals surface area contributed by atoms with E-state index in [0.717, 1.165) is 37.5 Å². The van der Waals surface area contributed by atoms with Crippen LogP contribution >= 0.6 is 0 Å². The summed E-state index contributed by atoms with van der Waals surface area (Å²) in [6.07, 6.45) is 0. The average Bonchev–Trinajstić information content (AvgIpc) is 2.74. The van der Waals surface area contributed by atoms with Crippen molar-refractivity contribution < 1.29 is 9.53 Å². The molecule has 1 unspecified atom stereocenters. The summed E-state index contributed by atoms with van der Waals surface area (Å²) in [5, 5.41) is 3.11. The van der Waals surface area contributed by atoms with Crippen molar-refractivity contribution >= 4 is 11.7 Å². The summed E-state index contributed by atoms with van der Waals surface area (Å²) in [6, 6.07) is 18.5. The number of carbonyl (C=O) groups is 1. The molecule has 1 N–H and O–H groups in total. The Hall–Kier alpha value is -2.73. The van der Waals surface area contributed by atoms with E-state index in [4.69, 9.17) is 4.74 Å². The van der Waals surface area contributed by atoms with Crippen LogP contribution in [0.4, 0.5) is 10.5 Å². The second-order valence-electron chi connectivity index (χ2n) is 7.25. The fourth-order valence-electron chi connectivity index (χ4n) is 3.55. The van der Waals surface area contributed by atoms with Crippen molar-refractivity contribution in [2.75, 3.05) is 58.8 Å². The number of likely N-dealkylation sites (N-methyl/N-ethyl adjacent to an activating group) is 1. The predicted molar refractivity (Wildman–Crippen MR) is 113 cm³/mol. The van der Waals surface area contributed by atoms with Crippen LogP contribution in [0.1, 0.15) is 11.6 Å². The molecule has 0 bridgehead atoms. The van der Waals surface area contributed by atoms with Crippen molar-refractivity contribution in [3.05, 3.63) is 60.2 Å². The third kappa shape index (κ3) is 4.95. The monoisotopic (exact) mass is 382 g/mol. The molecule has 1 aliphatic rings. The molecule has 28 heavy (non-hydrogen) atoms. The number of anilines is 1. The Kier molecular flexibility index (Phi) is 6.76. The molecule has 0 spiro atoms. The Bertz CT molecular complexity index is 758. The number of ether oxygens (including phenoxy) is 1. The number of piperazine rings is 1. The number of nitrogens with zero attached hydrogens (tertiary/aromatic N) is 3. The molecule has 1 aliphatic heterocycles. The highest BCUT2D eigenvalue weighted by Gasteiger charge is 2.23. The van der Waals surface area contributed by atoms with Crippen LogP contribution in [-0.2, 0) is 0 Å². The average molecular weight is 383 g/mol. The van der Waals surface area contributed by atoms with Gasteiger partial charge in [0.1, 0.15) is 5.75 Å². The van der Waals surface area contributed by atoms with Gasteiger partial charge < -0.3 is 24.8 Å². The van der Waals surface area contributed by atoms with Crippen molar-refractivity contribution in [3.8, 4) is 5.75 Å². The van der Waals surface area contributed by atoms with E-state index in [-0.39, 0.29) is 12.1 Å². The van der Waals surface area contributed by atoms with E-state index in [1.807, 2.05) is 55.4 Å². The van der Waals surface area contributed by atoms with Gasteiger partial charge in [-0.15, -0.1) is 0 Å². The van der Waals surface area contributed by atoms with E-state index in [9.17, 15) is 4.79 Å². The summed E-state index contributed by atoms with van der Waals surface area (Å²) in [5.74, 6) is 0.827. The third-order valence-electron chi connectivity index (χ3n) is 5.24. The first-order chi connectivity index (χ1) is 13.6. The first-order valence-corrected chi connectivity index (χ1v) is 9.71. The molecule has 6 nitrogen and oxygen atoms in total. The SMILES string of the molecule is COc1cccc(C(CNC(=O)N2CCN(c3ccccc3)CC2)N(C)C)c1. The minimum atomic E-state index is 0.00228. The van der Waals surface area contributed by atoms with E-state index in [0.29, 0.717) is 6.54 Å². The van der Waals surface area contributed by atoms with Crippen molar-refractivity contribution in [2.45, 2.75) is 6.04 Å². The van der Waals surface area contributed by atoms with Gasteiger partial charge in [0.15, 0.2) is 0 Å². The van der Waals surface area contributed by atoms with Gasteiger partial charge in [0.05, 0.1) is 13.2 Å². The van der Waals surface area contributed by atoms with Gasteiger partial charge in [-0.25, -0.2) is 4.79 Å². The largest absolute Gasteiger partial charge is 0.497 e. The van der Waals surface area contributed by atoms with Crippen molar-refractivity contribution in [1.29, 1.82) is 0 Å². The van der Waals surface area contributed by atoms with E-state index >= 15 is 0 Å². The molecule has 0 aliphatic carbocycles. The van der Waals surface area contributed by atoms with Crippen LogP contribution in [0.15, 0.2) is 54.6 Å². The normalized spacial score (nSPS) is 15.4. The molecule has 1 atom stereocenters. The van der Waals surface area contributed by atoms with Crippen LogP contribution in [0.2, 0.25) is 0 Å². The Morgan fingerprint density at radius 1 is 1.07 bits per heavy atom. The molecular formula is C22H30N4O2. The van der Waals surface area contributed by atoms with Crippen LogP contribution in [0.5, 0.6) is 5.75 Å². The van der Waals surface area contributed by atoms with Crippen molar-refractivity contribution in [1.82, 2.24) is 15.1 Å². The van der Waals surface area contributed by atoms with Crippen LogP contribution in [0.3, 0.4) is 0 Å². The van der Waals surface area contributed by atoms with E-state index in [2.05, 4.69) is 33.3 Å². The molecule has 0 aromatic heterocycles. The van der Waals surface area contributed by atoms with E-state index in [1.54, 1.807) is 7.11 Å². The lowest BCUT2D eigenvalue weighted by molar-refractivity contribution is 0.189. The van der Waals surface area contributed by atoms with Gasteiger partial charge in [0.25, 0.3) is 0 Å². The van der Waals surface area contributed by atoms with Crippen LogP contribution in [0.25, 0.3) is 0 Å². The zero-order chi connectivity index (χ0) is 19.9. The maximum Gasteiger partial charge on any atom is 0.317 e. The number of rotatable bonds is 6. The van der Waals surface area contributed by atoms with Gasteiger partial charge in [-0.2, -0.15) is 0 Å². The summed E-state index contributed by atoms with van der Waals surface area (Å²) >= 11 is 0. The highest BCUT2D eigenvalue weighted by molar-refractivity contribution is 5.74. The first kappa shape index (κ1) is 20.0. The fourth-order valence-corrected chi connectivity index (χ4v) is 3.55. The minimum Gasteiger partial charge on any atom is -0.497 e. The van der Waals surface area contributed by atoms with Crippen LogP contribution in [0, 0.1) is 0 Å². The van der Waals surface area contributed by atoms with Crippen molar-refractivity contribution in [3.63, 3.8) is 0 Å². The summed E-state index contributed by atoms with van der Waals surface area (Å²) in [6.45, 7) is 3.71. The summed E-state index contributed by atoms with van der Waals surface area (Å²) < 4.78 is 5.33. The fraction of sp³-hybridized carbons (Fsp3) is 0.409. The zero-order valence-corrected chi connectivity index (χ0v) is 17.0. The number of amides is 2. The van der Waals surface area contributed by atoms with E-state index in [1.165, 1.54) is 5.69 Å². The smallest absolute Gasteiger partial charge is 0.317 e. The Morgan fingerprint density at radius 2 is 1.79 bits per heavy atom. The number of methoxy groups -OCH3 is 1. The van der Waals surface area contributed by atoms with Gasteiger partial charge in [0.2, 0.25) is 0 Å². The molecule has 0 saturated carbocycles. The maximum absolute atomic E-state index is 12.7. The molecule has 150 valence electrons.